The third-order valence-corrected chi connectivity index (χ3v) is 6.08. The standard InChI is InChI=1S/C23H24N4O2S/c1-15(17-8-4-3-7-16(17)13-25-2)29-19-11-20(30-21(19)12-22(24)28)18-14-26-23-9-5-6-10-27(18)23/h3-11,14-15,25H,12-13H2,1-2H3,(H2,24,28)/t15-/m1/s1. The van der Waals surface area contributed by atoms with Crippen molar-refractivity contribution < 1.29 is 9.53 Å². The minimum atomic E-state index is -0.380. The first kappa shape index (κ1) is 20.1. The van der Waals surface area contributed by atoms with Crippen molar-refractivity contribution >= 4 is 22.9 Å². The second kappa shape index (κ2) is 8.69. The lowest BCUT2D eigenvalue weighted by Gasteiger charge is -2.18. The van der Waals surface area contributed by atoms with Crippen molar-refractivity contribution in [1.29, 1.82) is 0 Å². The lowest BCUT2D eigenvalue weighted by Crippen LogP contribution is -2.14. The zero-order chi connectivity index (χ0) is 21.1. The molecule has 3 heterocycles. The molecule has 4 aromatic rings. The first-order chi connectivity index (χ1) is 14.6. The summed E-state index contributed by atoms with van der Waals surface area (Å²) in [4.78, 5) is 17.9. The van der Waals surface area contributed by atoms with E-state index in [9.17, 15) is 4.79 Å². The summed E-state index contributed by atoms with van der Waals surface area (Å²) in [6.07, 6.45) is 3.78. The molecule has 0 saturated heterocycles. The number of primary amides is 1. The maximum absolute atomic E-state index is 11.7. The number of fused-ring (bicyclic) bond motifs is 1. The molecule has 3 N–H and O–H groups in total. The monoisotopic (exact) mass is 420 g/mol. The molecule has 0 aliphatic heterocycles. The quantitative estimate of drug-likeness (QED) is 0.452. The van der Waals surface area contributed by atoms with Crippen LogP contribution < -0.4 is 15.8 Å². The number of amides is 1. The van der Waals surface area contributed by atoms with Gasteiger partial charge in [0.2, 0.25) is 5.91 Å². The van der Waals surface area contributed by atoms with Crippen molar-refractivity contribution in [2.24, 2.45) is 5.73 Å². The number of pyridine rings is 1. The van der Waals surface area contributed by atoms with Crippen molar-refractivity contribution in [3.05, 3.63) is 76.9 Å². The highest BCUT2D eigenvalue weighted by molar-refractivity contribution is 7.15. The molecule has 6 nitrogen and oxygen atoms in total. The summed E-state index contributed by atoms with van der Waals surface area (Å²) in [5.74, 6) is 0.307. The van der Waals surface area contributed by atoms with E-state index in [1.165, 1.54) is 16.9 Å². The number of benzene rings is 1. The highest BCUT2D eigenvalue weighted by atomic mass is 32.1. The first-order valence-electron chi connectivity index (χ1n) is 9.79. The number of hydrogen-bond acceptors (Lipinski definition) is 5. The molecular weight excluding hydrogens is 396 g/mol. The smallest absolute Gasteiger partial charge is 0.222 e. The van der Waals surface area contributed by atoms with Gasteiger partial charge in [0.1, 0.15) is 17.5 Å². The average molecular weight is 421 g/mol. The van der Waals surface area contributed by atoms with Crippen molar-refractivity contribution in [2.75, 3.05) is 7.05 Å². The molecule has 7 heteroatoms. The number of ether oxygens (including phenoxy) is 1. The maximum atomic E-state index is 11.7. The Morgan fingerprint density at radius 3 is 2.87 bits per heavy atom. The van der Waals surface area contributed by atoms with Crippen LogP contribution in [0.1, 0.15) is 29.0 Å². The van der Waals surface area contributed by atoms with E-state index in [0.717, 1.165) is 33.2 Å². The summed E-state index contributed by atoms with van der Waals surface area (Å²) >= 11 is 1.51. The van der Waals surface area contributed by atoms with Gasteiger partial charge < -0.3 is 15.8 Å². The van der Waals surface area contributed by atoms with Gasteiger partial charge in [0.25, 0.3) is 0 Å². The van der Waals surface area contributed by atoms with Crippen molar-refractivity contribution in [3.8, 4) is 16.3 Å². The number of carbonyl (C=O) groups excluding carboxylic acids is 1. The third-order valence-electron chi connectivity index (χ3n) is 4.94. The lowest BCUT2D eigenvalue weighted by molar-refractivity contribution is -0.117. The molecule has 0 aliphatic rings. The SMILES string of the molecule is CNCc1ccccc1[C@@H](C)Oc1cc(-c2cnc3ccccn23)sc1CC(N)=O. The van der Waals surface area contributed by atoms with Gasteiger partial charge in [-0.3, -0.25) is 9.20 Å². The van der Waals surface area contributed by atoms with E-state index in [1.807, 2.05) is 67.2 Å². The highest BCUT2D eigenvalue weighted by Gasteiger charge is 2.19. The van der Waals surface area contributed by atoms with Crippen LogP contribution in [0.15, 0.2) is 60.9 Å². The normalized spacial score (nSPS) is 12.2. The zero-order valence-electron chi connectivity index (χ0n) is 17.0. The van der Waals surface area contributed by atoms with Crippen LogP contribution in [-0.4, -0.2) is 22.3 Å². The predicted molar refractivity (Wildman–Crippen MR) is 120 cm³/mol. The van der Waals surface area contributed by atoms with E-state index in [4.69, 9.17) is 10.5 Å². The summed E-state index contributed by atoms with van der Waals surface area (Å²) in [6.45, 7) is 2.78. The molecule has 0 fully saturated rings. The zero-order valence-corrected chi connectivity index (χ0v) is 17.8. The molecule has 3 aromatic heterocycles. The van der Waals surface area contributed by atoms with Crippen LogP contribution in [0.3, 0.4) is 0 Å². The Morgan fingerprint density at radius 2 is 2.07 bits per heavy atom. The minimum Gasteiger partial charge on any atom is -0.485 e. The van der Waals surface area contributed by atoms with Crippen LogP contribution in [0.5, 0.6) is 5.75 Å². The topological polar surface area (TPSA) is 81.7 Å². The Balaban J connectivity index is 1.70. The average Bonchev–Trinajstić information content (AvgIpc) is 3.32. The number of hydrogen-bond donors (Lipinski definition) is 2. The minimum absolute atomic E-state index is 0.140. The first-order valence-corrected chi connectivity index (χ1v) is 10.6. The highest BCUT2D eigenvalue weighted by Crippen LogP contribution is 2.39. The predicted octanol–water partition coefficient (Wildman–Crippen LogP) is 3.95. The molecule has 4 rings (SSSR count). The second-order valence-electron chi connectivity index (χ2n) is 7.10. The Hall–Kier alpha value is -3.16. The Kier molecular flexibility index (Phi) is 5.83. The van der Waals surface area contributed by atoms with Gasteiger partial charge in [-0.15, -0.1) is 11.3 Å². The molecule has 0 aliphatic carbocycles. The van der Waals surface area contributed by atoms with E-state index < -0.39 is 0 Å². The molecule has 0 radical (unpaired) electrons. The van der Waals surface area contributed by atoms with Crippen molar-refractivity contribution in [1.82, 2.24) is 14.7 Å². The van der Waals surface area contributed by atoms with E-state index in [0.29, 0.717) is 5.75 Å². The van der Waals surface area contributed by atoms with Gasteiger partial charge in [0, 0.05) is 18.8 Å². The largest absolute Gasteiger partial charge is 0.485 e. The van der Waals surface area contributed by atoms with Gasteiger partial charge in [0.15, 0.2) is 0 Å². The molecule has 0 unspecified atom stereocenters. The number of imidazole rings is 1. The number of rotatable bonds is 8. The summed E-state index contributed by atoms with van der Waals surface area (Å²) in [7, 11) is 1.92. The van der Waals surface area contributed by atoms with E-state index in [1.54, 1.807) is 0 Å². The molecule has 154 valence electrons. The van der Waals surface area contributed by atoms with Crippen molar-refractivity contribution in [2.45, 2.75) is 26.0 Å². The van der Waals surface area contributed by atoms with Gasteiger partial charge in [-0.05, 0) is 37.2 Å². The van der Waals surface area contributed by atoms with Crippen LogP contribution in [0.4, 0.5) is 0 Å². The molecule has 30 heavy (non-hydrogen) atoms. The summed E-state index contributed by atoms with van der Waals surface area (Å²) in [6, 6.07) is 16.1. The molecule has 1 atom stereocenters. The van der Waals surface area contributed by atoms with E-state index in [2.05, 4.69) is 22.4 Å². The summed E-state index contributed by atoms with van der Waals surface area (Å²) < 4.78 is 8.38. The fraction of sp³-hybridized carbons (Fsp3) is 0.217. The number of carbonyl (C=O) groups is 1. The molecule has 1 amide bonds. The third kappa shape index (κ3) is 4.08. The number of thiophene rings is 1. The fourth-order valence-corrected chi connectivity index (χ4v) is 4.68. The number of nitrogens with two attached hydrogens (primary N) is 1. The van der Waals surface area contributed by atoms with Crippen LogP contribution in [0.2, 0.25) is 0 Å². The molecule has 0 saturated carbocycles. The van der Waals surface area contributed by atoms with Crippen molar-refractivity contribution in [3.63, 3.8) is 0 Å². The van der Waals surface area contributed by atoms with Crippen LogP contribution in [-0.2, 0) is 17.8 Å². The van der Waals surface area contributed by atoms with Gasteiger partial charge >= 0.3 is 0 Å². The summed E-state index contributed by atoms with van der Waals surface area (Å²) in [5.41, 5.74) is 9.62. The van der Waals surface area contributed by atoms with Crippen LogP contribution >= 0.6 is 11.3 Å². The van der Waals surface area contributed by atoms with Crippen LogP contribution in [0.25, 0.3) is 16.2 Å². The Morgan fingerprint density at radius 1 is 1.27 bits per heavy atom. The number of nitrogens with one attached hydrogen (secondary N) is 1. The number of aromatic nitrogens is 2. The Bertz CT molecular complexity index is 1180. The molecule has 0 spiro atoms. The van der Waals surface area contributed by atoms with Crippen LogP contribution in [0, 0.1) is 0 Å². The van der Waals surface area contributed by atoms with E-state index in [-0.39, 0.29) is 18.4 Å². The fourth-order valence-electron chi connectivity index (χ4n) is 3.57. The summed E-state index contributed by atoms with van der Waals surface area (Å²) in [5, 5.41) is 3.20. The maximum Gasteiger partial charge on any atom is 0.222 e. The van der Waals surface area contributed by atoms with E-state index >= 15 is 0 Å². The van der Waals surface area contributed by atoms with Gasteiger partial charge in [-0.25, -0.2) is 4.98 Å². The molecule has 1 aromatic carbocycles. The van der Waals surface area contributed by atoms with Gasteiger partial charge in [0.05, 0.1) is 28.1 Å². The number of nitrogens with zero attached hydrogens (tertiary/aromatic N) is 2. The van der Waals surface area contributed by atoms with Gasteiger partial charge in [-0.2, -0.15) is 0 Å². The molecule has 0 bridgehead atoms. The molecular formula is C23H24N4O2S. The Labute approximate surface area is 179 Å². The van der Waals surface area contributed by atoms with Gasteiger partial charge in [-0.1, -0.05) is 30.3 Å². The second-order valence-corrected chi connectivity index (χ2v) is 8.24. The lowest BCUT2D eigenvalue weighted by atomic mass is 10.0.